The molecule has 0 radical (unpaired) electrons. The second kappa shape index (κ2) is 13.4. The van der Waals surface area contributed by atoms with Crippen molar-refractivity contribution in [2.24, 2.45) is 5.92 Å². The summed E-state index contributed by atoms with van der Waals surface area (Å²) in [4.78, 5) is 31.9. The van der Waals surface area contributed by atoms with Gasteiger partial charge in [0.15, 0.2) is 0 Å². The van der Waals surface area contributed by atoms with E-state index in [1.54, 1.807) is 4.90 Å². The van der Waals surface area contributed by atoms with E-state index in [1.165, 1.54) is 14.2 Å². The third-order valence-corrected chi connectivity index (χ3v) is 7.24. The molecule has 1 aliphatic heterocycles. The summed E-state index contributed by atoms with van der Waals surface area (Å²) in [5, 5.41) is 3.09. The topological polar surface area (TPSA) is 96.9 Å². The third-order valence-electron chi connectivity index (χ3n) is 6.61. The van der Waals surface area contributed by atoms with E-state index in [-0.39, 0.29) is 42.0 Å². The van der Waals surface area contributed by atoms with Crippen LogP contribution < -0.4 is 10.2 Å². The Hall–Kier alpha value is -2.93. The van der Waals surface area contributed by atoms with Crippen LogP contribution >= 0.6 is 11.5 Å². The van der Waals surface area contributed by atoms with Gasteiger partial charge in [-0.15, -0.1) is 0 Å². The number of rotatable bonds is 11. The Morgan fingerprint density at radius 1 is 1.21 bits per heavy atom. The van der Waals surface area contributed by atoms with Crippen molar-refractivity contribution in [2.75, 3.05) is 50.7 Å². The van der Waals surface area contributed by atoms with E-state index in [4.69, 9.17) is 9.47 Å². The molecule has 3 rings (SSSR count). The molecule has 1 saturated heterocycles. The molecule has 39 heavy (non-hydrogen) atoms. The van der Waals surface area contributed by atoms with E-state index in [1.807, 2.05) is 25.1 Å². The number of methoxy groups -OCH3 is 2. The van der Waals surface area contributed by atoms with Gasteiger partial charge in [0.25, 0.3) is 0 Å². The van der Waals surface area contributed by atoms with Gasteiger partial charge in [-0.25, -0.2) is 0 Å². The fraction of sp³-hybridized carbons (Fsp3) is 0.615. The maximum absolute atomic E-state index is 13.2. The molecule has 1 fully saturated rings. The Morgan fingerprint density at radius 3 is 2.46 bits per heavy atom. The highest BCUT2D eigenvalue weighted by Crippen LogP contribution is 2.37. The number of aromatic nitrogens is 2. The predicted octanol–water partition coefficient (Wildman–Crippen LogP) is 5.07. The van der Waals surface area contributed by atoms with Gasteiger partial charge in [-0.05, 0) is 42.4 Å². The number of amides is 1. The van der Waals surface area contributed by atoms with Crippen molar-refractivity contribution in [3.05, 3.63) is 29.6 Å². The highest BCUT2D eigenvalue weighted by molar-refractivity contribution is 7.09. The molecule has 13 heteroatoms. The second-order valence-electron chi connectivity index (χ2n) is 10.1. The average molecular weight is 572 g/mol. The second-order valence-corrected chi connectivity index (χ2v) is 10.8. The van der Waals surface area contributed by atoms with Crippen LogP contribution in [0.25, 0.3) is 0 Å². The lowest BCUT2D eigenvalue weighted by Gasteiger charge is -2.41. The molecule has 0 saturated carbocycles. The Labute approximate surface area is 230 Å². The fourth-order valence-electron chi connectivity index (χ4n) is 4.65. The molecule has 1 aromatic carbocycles. The van der Waals surface area contributed by atoms with Crippen LogP contribution in [0.15, 0.2) is 18.2 Å². The molecule has 0 spiro atoms. The molecule has 1 N–H and O–H groups in total. The number of piperidine rings is 1. The van der Waals surface area contributed by atoms with Crippen LogP contribution in [0.4, 0.5) is 29.7 Å². The number of nitrogens with one attached hydrogen (secondary N) is 1. The summed E-state index contributed by atoms with van der Waals surface area (Å²) in [7, 11) is 2.83. The van der Waals surface area contributed by atoms with Crippen LogP contribution in [-0.2, 0) is 25.2 Å². The summed E-state index contributed by atoms with van der Waals surface area (Å²) < 4.78 is 52.7. The first-order valence-electron chi connectivity index (χ1n) is 12.8. The molecule has 1 unspecified atom stereocenters. The zero-order valence-electron chi connectivity index (χ0n) is 22.9. The first kappa shape index (κ1) is 30.6. The molecule has 2 aromatic rings. The lowest BCUT2D eigenvalue weighted by atomic mass is 9.95. The van der Waals surface area contributed by atoms with Crippen molar-refractivity contribution < 1.29 is 32.2 Å². The number of esters is 1. The van der Waals surface area contributed by atoms with E-state index in [2.05, 4.69) is 33.4 Å². The fourth-order valence-corrected chi connectivity index (χ4v) is 5.25. The Morgan fingerprint density at radius 2 is 1.90 bits per heavy atom. The normalized spacial score (nSPS) is 15.4. The van der Waals surface area contributed by atoms with Crippen LogP contribution in [0.2, 0.25) is 0 Å². The number of nitrogens with zero attached hydrogens (tertiary/aromatic N) is 4. The van der Waals surface area contributed by atoms with E-state index >= 15 is 0 Å². The first-order valence-corrected chi connectivity index (χ1v) is 13.6. The number of carbonyl (C=O) groups excluding carboxylic acids is 2. The van der Waals surface area contributed by atoms with Crippen LogP contribution in [0, 0.1) is 5.92 Å². The predicted molar refractivity (Wildman–Crippen MR) is 143 cm³/mol. The Balaban J connectivity index is 1.96. The number of alkyl halides is 3. The zero-order chi connectivity index (χ0) is 28.7. The summed E-state index contributed by atoms with van der Waals surface area (Å²) >= 11 is 0.637. The Bertz CT molecular complexity index is 1120. The number of carbonyl (C=O) groups is 2. The van der Waals surface area contributed by atoms with Crippen molar-refractivity contribution in [2.45, 2.75) is 58.2 Å². The SMILES string of the molecule is COCC(=O)N1CCC(N(CC(C)C)c2ccc(C(C)CC(=O)OC)cc2Nc2nc(C(F)(F)F)ns2)CC1. The number of hydrogen-bond donors (Lipinski definition) is 1. The number of likely N-dealkylation sites (tertiary alicyclic amines) is 1. The maximum atomic E-state index is 13.2. The minimum absolute atomic E-state index is 0.0193. The molecular weight excluding hydrogens is 535 g/mol. The molecule has 9 nitrogen and oxygen atoms in total. The van der Waals surface area contributed by atoms with Crippen LogP contribution in [0.1, 0.15) is 57.3 Å². The molecular formula is C26H36F3N5O4S. The van der Waals surface area contributed by atoms with E-state index in [0.29, 0.717) is 42.8 Å². The number of halogens is 3. The first-order chi connectivity index (χ1) is 18.4. The lowest BCUT2D eigenvalue weighted by molar-refractivity contribution is -0.144. The van der Waals surface area contributed by atoms with Gasteiger partial charge < -0.3 is 24.6 Å². The van der Waals surface area contributed by atoms with Gasteiger partial charge in [0.05, 0.1) is 24.9 Å². The summed E-state index contributed by atoms with van der Waals surface area (Å²) in [6.45, 7) is 8.01. The highest BCUT2D eigenvalue weighted by atomic mass is 32.1. The summed E-state index contributed by atoms with van der Waals surface area (Å²) in [5.74, 6) is -1.48. The molecule has 216 valence electrons. The molecule has 1 aromatic heterocycles. The van der Waals surface area contributed by atoms with Gasteiger partial charge in [-0.2, -0.15) is 22.5 Å². The van der Waals surface area contributed by atoms with Gasteiger partial charge in [-0.1, -0.05) is 26.8 Å². The summed E-state index contributed by atoms with van der Waals surface area (Å²) in [6.07, 6.45) is -3.01. The molecule has 1 amide bonds. The van der Waals surface area contributed by atoms with Crippen molar-refractivity contribution in [1.29, 1.82) is 0 Å². The minimum Gasteiger partial charge on any atom is -0.469 e. The molecule has 0 bridgehead atoms. The van der Waals surface area contributed by atoms with E-state index in [0.717, 1.165) is 24.1 Å². The summed E-state index contributed by atoms with van der Waals surface area (Å²) in [6, 6.07) is 5.82. The standard InChI is InChI=1S/C26H36F3N5O4S/c1-16(2)14-34(19-8-10-33(11-9-19)22(35)15-37-4)21-7-6-18(17(3)12-23(36)38-5)13-20(21)30-25-31-24(32-39-25)26(27,28)29/h6-7,13,16-17,19H,8-12,14-15H2,1-5H3,(H,30,31,32). The number of hydrogen-bond acceptors (Lipinski definition) is 9. The monoisotopic (exact) mass is 571 g/mol. The average Bonchev–Trinajstić information content (AvgIpc) is 3.37. The van der Waals surface area contributed by atoms with Gasteiger partial charge >= 0.3 is 12.1 Å². The van der Waals surface area contributed by atoms with E-state index < -0.39 is 12.0 Å². The molecule has 1 atom stereocenters. The quantitative estimate of drug-likeness (QED) is 0.374. The Kier molecular flexibility index (Phi) is 10.5. The van der Waals surface area contributed by atoms with Gasteiger partial charge in [0, 0.05) is 44.3 Å². The third kappa shape index (κ3) is 8.28. The van der Waals surface area contributed by atoms with Crippen LogP contribution in [0.3, 0.4) is 0 Å². The van der Waals surface area contributed by atoms with E-state index in [9.17, 15) is 22.8 Å². The highest BCUT2D eigenvalue weighted by Gasteiger charge is 2.36. The number of anilines is 3. The van der Waals surface area contributed by atoms with Crippen LogP contribution in [0.5, 0.6) is 0 Å². The molecule has 2 heterocycles. The zero-order valence-corrected chi connectivity index (χ0v) is 23.7. The maximum Gasteiger partial charge on any atom is 0.452 e. The van der Waals surface area contributed by atoms with Crippen molar-refractivity contribution in [3.8, 4) is 0 Å². The number of benzene rings is 1. The van der Waals surface area contributed by atoms with Crippen molar-refractivity contribution >= 4 is 39.9 Å². The van der Waals surface area contributed by atoms with Gasteiger partial charge in [-0.3, -0.25) is 9.59 Å². The van der Waals surface area contributed by atoms with Crippen molar-refractivity contribution in [3.63, 3.8) is 0 Å². The van der Waals surface area contributed by atoms with Gasteiger partial charge in [0.1, 0.15) is 6.61 Å². The molecule has 0 aliphatic carbocycles. The summed E-state index contributed by atoms with van der Waals surface area (Å²) in [5.41, 5.74) is 2.22. The van der Waals surface area contributed by atoms with Gasteiger partial charge in [0.2, 0.25) is 16.9 Å². The molecule has 1 aliphatic rings. The minimum atomic E-state index is -4.64. The smallest absolute Gasteiger partial charge is 0.452 e. The van der Waals surface area contributed by atoms with Crippen molar-refractivity contribution in [1.82, 2.24) is 14.3 Å². The number of ether oxygens (including phenoxy) is 2. The lowest BCUT2D eigenvalue weighted by Crippen LogP contribution is -2.48. The largest absolute Gasteiger partial charge is 0.469 e. The van der Waals surface area contributed by atoms with Crippen LogP contribution in [-0.4, -0.2) is 72.6 Å².